The number of anilines is 1. The van der Waals surface area contributed by atoms with Crippen molar-refractivity contribution in [3.63, 3.8) is 0 Å². The summed E-state index contributed by atoms with van der Waals surface area (Å²) < 4.78 is 5.98. The van der Waals surface area contributed by atoms with Crippen LogP contribution >= 0.6 is 0 Å². The summed E-state index contributed by atoms with van der Waals surface area (Å²) in [5, 5.41) is 5.35. The van der Waals surface area contributed by atoms with Gasteiger partial charge in [-0.1, -0.05) is 72.8 Å². The van der Waals surface area contributed by atoms with Crippen molar-refractivity contribution in [2.45, 2.75) is 12.5 Å². The maximum atomic E-state index is 12.6. The number of rotatable bonds is 10. The Kier molecular flexibility index (Phi) is 8.11. The molecule has 7 nitrogen and oxygen atoms in total. The van der Waals surface area contributed by atoms with E-state index < -0.39 is 17.9 Å². The molecule has 164 valence electrons. The van der Waals surface area contributed by atoms with Gasteiger partial charge in [0.2, 0.25) is 11.8 Å². The highest BCUT2D eigenvalue weighted by atomic mass is 16.5. The van der Waals surface area contributed by atoms with Gasteiger partial charge in [-0.15, -0.1) is 0 Å². The Balaban J connectivity index is 1.66. The van der Waals surface area contributed by atoms with E-state index in [0.717, 1.165) is 11.1 Å². The van der Waals surface area contributed by atoms with Crippen molar-refractivity contribution >= 4 is 23.4 Å². The van der Waals surface area contributed by atoms with Crippen molar-refractivity contribution in [1.82, 2.24) is 5.32 Å². The van der Waals surface area contributed by atoms with E-state index in [0.29, 0.717) is 5.69 Å². The van der Waals surface area contributed by atoms with Crippen LogP contribution in [0.3, 0.4) is 0 Å². The molecule has 3 rings (SSSR count). The third kappa shape index (κ3) is 6.52. The molecule has 0 fully saturated rings. The lowest BCUT2D eigenvalue weighted by atomic mass is 10.0. The molecular weight excluding hydrogens is 406 g/mol. The number of carbonyl (C=O) groups is 3. The molecule has 0 aromatic heterocycles. The summed E-state index contributed by atoms with van der Waals surface area (Å²) in [5.41, 5.74) is 7.60. The predicted molar refractivity (Wildman–Crippen MR) is 122 cm³/mol. The Labute approximate surface area is 186 Å². The van der Waals surface area contributed by atoms with Crippen LogP contribution < -0.4 is 16.4 Å². The third-order valence-electron chi connectivity index (χ3n) is 4.69. The van der Waals surface area contributed by atoms with E-state index in [1.807, 2.05) is 60.7 Å². The zero-order valence-corrected chi connectivity index (χ0v) is 17.5. The van der Waals surface area contributed by atoms with Crippen LogP contribution in [0, 0.1) is 0 Å². The number of hydrogen-bond acceptors (Lipinski definition) is 4. The number of benzene rings is 3. The Morgan fingerprint density at radius 2 is 1.38 bits per heavy atom. The second-order valence-electron chi connectivity index (χ2n) is 7.08. The molecule has 0 aliphatic carbocycles. The van der Waals surface area contributed by atoms with Crippen molar-refractivity contribution in [1.29, 1.82) is 0 Å². The smallest absolute Gasteiger partial charge is 0.253 e. The first-order valence-corrected chi connectivity index (χ1v) is 10.2. The molecule has 0 unspecified atom stereocenters. The fourth-order valence-corrected chi connectivity index (χ4v) is 3.17. The van der Waals surface area contributed by atoms with E-state index >= 15 is 0 Å². The first kappa shape index (κ1) is 22.7. The molecule has 0 heterocycles. The summed E-state index contributed by atoms with van der Waals surface area (Å²) in [6, 6.07) is 25.9. The van der Waals surface area contributed by atoms with Gasteiger partial charge in [-0.3, -0.25) is 14.4 Å². The summed E-state index contributed by atoms with van der Waals surface area (Å²) in [7, 11) is 0. The molecule has 0 radical (unpaired) electrons. The van der Waals surface area contributed by atoms with Gasteiger partial charge in [0.15, 0.2) is 0 Å². The number of nitrogens with two attached hydrogens (primary N) is 1. The molecule has 0 saturated heterocycles. The van der Waals surface area contributed by atoms with Crippen LogP contribution in [0.15, 0.2) is 84.9 Å². The number of carbonyl (C=O) groups excluding carboxylic acids is 3. The average molecular weight is 431 g/mol. The molecule has 3 aromatic carbocycles. The Bertz CT molecular complexity index is 1020. The second kappa shape index (κ2) is 11.4. The lowest BCUT2D eigenvalue weighted by Gasteiger charge is -2.19. The number of amides is 3. The van der Waals surface area contributed by atoms with Gasteiger partial charge in [0.1, 0.15) is 12.7 Å². The summed E-state index contributed by atoms with van der Waals surface area (Å²) in [6.07, 6.45) is -0.371. The zero-order chi connectivity index (χ0) is 22.8. The lowest BCUT2D eigenvalue weighted by Crippen LogP contribution is -2.29. The molecule has 0 spiro atoms. The molecule has 32 heavy (non-hydrogen) atoms. The third-order valence-corrected chi connectivity index (χ3v) is 4.69. The van der Waals surface area contributed by atoms with Crippen molar-refractivity contribution < 1.29 is 19.1 Å². The van der Waals surface area contributed by atoms with Crippen LogP contribution in [0.4, 0.5) is 5.69 Å². The molecule has 0 aliphatic rings. The van der Waals surface area contributed by atoms with E-state index in [1.54, 1.807) is 24.3 Å². The minimum absolute atomic E-state index is 0.0362. The fourth-order valence-electron chi connectivity index (χ4n) is 3.17. The van der Waals surface area contributed by atoms with Gasteiger partial charge in [-0.25, -0.2) is 0 Å². The van der Waals surface area contributed by atoms with Gasteiger partial charge < -0.3 is 21.1 Å². The van der Waals surface area contributed by atoms with Crippen molar-refractivity contribution in [2.75, 3.05) is 18.5 Å². The number of nitrogens with one attached hydrogen (secondary N) is 2. The van der Waals surface area contributed by atoms with Gasteiger partial charge in [-0.2, -0.15) is 0 Å². The number of primary amides is 1. The van der Waals surface area contributed by atoms with E-state index in [9.17, 15) is 14.4 Å². The Hall–Kier alpha value is -3.97. The summed E-state index contributed by atoms with van der Waals surface area (Å²) >= 11 is 0. The van der Waals surface area contributed by atoms with Gasteiger partial charge in [0, 0.05) is 13.0 Å². The van der Waals surface area contributed by atoms with Crippen LogP contribution in [0.5, 0.6) is 0 Å². The normalized spacial score (nSPS) is 10.5. The highest BCUT2D eigenvalue weighted by molar-refractivity contribution is 6.04. The summed E-state index contributed by atoms with van der Waals surface area (Å²) in [5.74, 6) is -1.30. The monoisotopic (exact) mass is 431 g/mol. The van der Waals surface area contributed by atoms with Crippen molar-refractivity contribution in [3.8, 4) is 0 Å². The maximum absolute atomic E-state index is 12.6. The van der Waals surface area contributed by atoms with Gasteiger partial charge >= 0.3 is 0 Å². The van der Waals surface area contributed by atoms with Crippen LogP contribution in [-0.4, -0.2) is 30.9 Å². The van der Waals surface area contributed by atoms with Crippen molar-refractivity contribution in [3.05, 3.63) is 102 Å². The summed E-state index contributed by atoms with van der Waals surface area (Å²) in [4.78, 5) is 35.9. The highest BCUT2D eigenvalue weighted by Gasteiger charge is 2.18. The standard InChI is InChI=1S/C25H25N3O4/c26-22(29)15-16-27-25(31)20-13-7-8-14-21(20)28-23(30)17-32-24(18-9-3-1-4-10-18)19-11-5-2-6-12-19/h1-14,24H,15-17H2,(H2,26,29)(H,27,31)(H,28,30). The molecule has 4 N–H and O–H groups in total. The van der Waals surface area contributed by atoms with Gasteiger partial charge in [0.25, 0.3) is 5.91 Å². The van der Waals surface area contributed by atoms with E-state index in [2.05, 4.69) is 10.6 Å². The highest BCUT2D eigenvalue weighted by Crippen LogP contribution is 2.25. The van der Waals surface area contributed by atoms with Crippen molar-refractivity contribution in [2.24, 2.45) is 5.73 Å². The molecular formula is C25H25N3O4. The van der Waals surface area contributed by atoms with Crippen LogP contribution in [-0.2, 0) is 14.3 Å². The van der Waals surface area contributed by atoms with Crippen LogP contribution in [0.25, 0.3) is 0 Å². The number of hydrogen-bond donors (Lipinski definition) is 3. The van der Waals surface area contributed by atoms with Crippen LogP contribution in [0.2, 0.25) is 0 Å². The maximum Gasteiger partial charge on any atom is 0.253 e. The quantitative estimate of drug-likeness (QED) is 0.458. The molecule has 3 amide bonds. The van der Waals surface area contributed by atoms with Gasteiger partial charge in [0.05, 0.1) is 11.3 Å². The SMILES string of the molecule is NC(=O)CCNC(=O)c1ccccc1NC(=O)COC(c1ccccc1)c1ccccc1. The van der Waals surface area contributed by atoms with Crippen LogP contribution in [0.1, 0.15) is 34.0 Å². The molecule has 0 atom stereocenters. The number of ether oxygens (including phenoxy) is 1. The Morgan fingerprint density at radius 1 is 0.812 bits per heavy atom. The van der Waals surface area contributed by atoms with E-state index in [4.69, 9.17) is 10.5 Å². The fraction of sp³-hybridized carbons (Fsp3) is 0.160. The largest absolute Gasteiger partial charge is 0.370 e. The lowest BCUT2D eigenvalue weighted by molar-refractivity contribution is -0.122. The molecule has 7 heteroatoms. The molecule has 3 aromatic rings. The van der Waals surface area contributed by atoms with E-state index in [-0.39, 0.29) is 31.0 Å². The molecule has 0 aliphatic heterocycles. The first-order chi connectivity index (χ1) is 15.5. The topological polar surface area (TPSA) is 111 Å². The number of para-hydroxylation sites is 1. The minimum atomic E-state index is -0.504. The molecule has 0 bridgehead atoms. The summed E-state index contributed by atoms with van der Waals surface area (Å²) in [6.45, 7) is -0.0819. The minimum Gasteiger partial charge on any atom is -0.370 e. The first-order valence-electron chi connectivity index (χ1n) is 10.2. The zero-order valence-electron chi connectivity index (χ0n) is 17.5. The Morgan fingerprint density at radius 3 is 1.97 bits per heavy atom. The predicted octanol–water partition coefficient (Wildman–Crippen LogP) is 3.04. The van der Waals surface area contributed by atoms with Gasteiger partial charge in [-0.05, 0) is 23.3 Å². The van der Waals surface area contributed by atoms with E-state index in [1.165, 1.54) is 0 Å². The molecule has 0 saturated carbocycles. The average Bonchev–Trinajstić information content (AvgIpc) is 2.80. The second-order valence-corrected chi connectivity index (χ2v) is 7.08.